The van der Waals surface area contributed by atoms with E-state index in [-0.39, 0.29) is 16.2 Å². The second kappa shape index (κ2) is 7.85. The Labute approximate surface area is 151 Å². The molecule has 0 aliphatic carbocycles. The lowest BCUT2D eigenvalue weighted by atomic mass is 10.2. The standard InChI is InChI=1S/C18H13N5O2S/c1-13-2-8-17(9-3-13)26(24,25)23-16-6-4-15(5-7-16)22-18(12-21)14(10-19)11-20/h2-9,22-23H,1H3. The first kappa shape index (κ1) is 18.5. The van der Waals surface area contributed by atoms with Gasteiger partial charge in [-0.05, 0) is 43.3 Å². The summed E-state index contributed by atoms with van der Waals surface area (Å²) in [5.74, 6) is 0. The van der Waals surface area contributed by atoms with E-state index >= 15 is 0 Å². The lowest BCUT2D eigenvalue weighted by Crippen LogP contribution is -2.12. The van der Waals surface area contributed by atoms with Crippen LogP contribution in [0.3, 0.4) is 0 Å². The van der Waals surface area contributed by atoms with Gasteiger partial charge in [0, 0.05) is 11.4 Å². The van der Waals surface area contributed by atoms with Crippen molar-refractivity contribution in [2.45, 2.75) is 11.8 Å². The zero-order valence-corrected chi connectivity index (χ0v) is 14.5. The summed E-state index contributed by atoms with van der Waals surface area (Å²) >= 11 is 0. The molecule has 26 heavy (non-hydrogen) atoms. The van der Waals surface area contributed by atoms with Gasteiger partial charge in [-0.2, -0.15) is 15.8 Å². The van der Waals surface area contributed by atoms with Crippen LogP contribution in [0, 0.1) is 40.9 Å². The molecule has 0 fully saturated rings. The Morgan fingerprint density at radius 1 is 0.846 bits per heavy atom. The Morgan fingerprint density at radius 2 is 1.38 bits per heavy atom. The first-order valence-electron chi connectivity index (χ1n) is 7.31. The summed E-state index contributed by atoms with van der Waals surface area (Å²) in [6, 6.07) is 17.5. The highest BCUT2D eigenvalue weighted by Crippen LogP contribution is 2.20. The zero-order valence-electron chi connectivity index (χ0n) is 13.7. The van der Waals surface area contributed by atoms with Gasteiger partial charge in [0.1, 0.15) is 23.9 Å². The number of benzene rings is 2. The highest BCUT2D eigenvalue weighted by Gasteiger charge is 2.14. The van der Waals surface area contributed by atoms with Gasteiger partial charge in [-0.15, -0.1) is 0 Å². The molecule has 0 unspecified atom stereocenters. The topological polar surface area (TPSA) is 130 Å². The Bertz CT molecular complexity index is 1050. The van der Waals surface area contributed by atoms with Gasteiger partial charge in [-0.3, -0.25) is 4.72 Å². The van der Waals surface area contributed by atoms with E-state index in [1.807, 2.05) is 6.92 Å². The number of nitriles is 3. The van der Waals surface area contributed by atoms with Crippen LogP contribution < -0.4 is 10.0 Å². The summed E-state index contributed by atoms with van der Waals surface area (Å²) < 4.78 is 27.1. The third kappa shape index (κ3) is 4.39. The zero-order chi connectivity index (χ0) is 19.2. The van der Waals surface area contributed by atoms with E-state index in [0.29, 0.717) is 11.4 Å². The highest BCUT2D eigenvalue weighted by molar-refractivity contribution is 7.92. The molecule has 128 valence electrons. The maximum absolute atomic E-state index is 12.3. The summed E-state index contributed by atoms with van der Waals surface area (Å²) in [7, 11) is -3.71. The number of anilines is 2. The van der Waals surface area contributed by atoms with Crippen LogP contribution in [0.15, 0.2) is 64.7 Å². The first-order chi connectivity index (χ1) is 12.4. The molecule has 0 aliphatic rings. The minimum absolute atomic E-state index is 0.146. The van der Waals surface area contributed by atoms with Crippen molar-refractivity contribution in [2.75, 3.05) is 10.0 Å². The van der Waals surface area contributed by atoms with Crippen LogP contribution in [-0.2, 0) is 10.0 Å². The smallest absolute Gasteiger partial charge is 0.261 e. The number of aryl methyl sites for hydroxylation is 1. The van der Waals surface area contributed by atoms with Gasteiger partial charge in [-0.1, -0.05) is 17.7 Å². The van der Waals surface area contributed by atoms with Gasteiger partial charge < -0.3 is 5.32 Å². The van der Waals surface area contributed by atoms with Crippen molar-refractivity contribution in [3.63, 3.8) is 0 Å². The monoisotopic (exact) mass is 363 g/mol. The third-order valence-electron chi connectivity index (χ3n) is 3.32. The molecule has 8 heteroatoms. The number of sulfonamides is 1. The van der Waals surface area contributed by atoms with Gasteiger partial charge in [0.25, 0.3) is 10.0 Å². The van der Waals surface area contributed by atoms with Crippen molar-refractivity contribution < 1.29 is 8.42 Å². The number of nitrogens with one attached hydrogen (secondary N) is 2. The predicted molar refractivity (Wildman–Crippen MR) is 95.9 cm³/mol. The van der Waals surface area contributed by atoms with Crippen LogP contribution in [0.4, 0.5) is 11.4 Å². The molecule has 0 aliphatic heterocycles. The van der Waals surface area contributed by atoms with E-state index in [4.69, 9.17) is 15.8 Å². The molecule has 2 N–H and O–H groups in total. The van der Waals surface area contributed by atoms with Gasteiger partial charge in [-0.25, -0.2) is 8.42 Å². The summed E-state index contributed by atoms with van der Waals surface area (Å²) in [5.41, 5.74) is 1.21. The number of nitrogens with zero attached hydrogens (tertiary/aromatic N) is 3. The molecular formula is C18H13N5O2S. The second-order valence-corrected chi connectivity index (χ2v) is 6.89. The van der Waals surface area contributed by atoms with Gasteiger partial charge in [0.15, 0.2) is 5.57 Å². The molecule has 2 aromatic rings. The van der Waals surface area contributed by atoms with Crippen LogP contribution in [0.1, 0.15) is 5.56 Å². The van der Waals surface area contributed by atoms with Crippen molar-refractivity contribution in [1.82, 2.24) is 0 Å². The molecule has 0 bridgehead atoms. The highest BCUT2D eigenvalue weighted by atomic mass is 32.2. The summed E-state index contributed by atoms with van der Waals surface area (Å²) in [5, 5.41) is 29.3. The second-order valence-electron chi connectivity index (χ2n) is 5.21. The predicted octanol–water partition coefficient (Wildman–Crippen LogP) is 3.03. The van der Waals surface area contributed by atoms with E-state index in [2.05, 4.69) is 10.0 Å². The fourth-order valence-corrected chi connectivity index (χ4v) is 3.04. The molecule has 2 aromatic carbocycles. The van der Waals surface area contributed by atoms with E-state index in [0.717, 1.165) is 5.56 Å². The molecule has 0 saturated heterocycles. The largest absolute Gasteiger partial charge is 0.345 e. The number of hydrogen-bond donors (Lipinski definition) is 2. The molecule has 0 atom stereocenters. The Balaban J connectivity index is 2.19. The van der Waals surface area contributed by atoms with Crippen LogP contribution in [0.5, 0.6) is 0 Å². The van der Waals surface area contributed by atoms with E-state index in [1.165, 1.54) is 36.4 Å². The Kier molecular flexibility index (Phi) is 5.60. The maximum atomic E-state index is 12.3. The van der Waals surface area contributed by atoms with Crippen LogP contribution in [0.2, 0.25) is 0 Å². The molecule has 0 radical (unpaired) electrons. The average Bonchev–Trinajstić information content (AvgIpc) is 2.63. The third-order valence-corrected chi connectivity index (χ3v) is 4.72. The quantitative estimate of drug-likeness (QED) is 0.785. The van der Waals surface area contributed by atoms with E-state index in [9.17, 15) is 8.42 Å². The molecule has 0 heterocycles. The Hall–Kier alpha value is -3.80. The normalized spacial score (nSPS) is 9.92. The molecule has 2 rings (SSSR count). The molecule has 7 nitrogen and oxygen atoms in total. The Morgan fingerprint density at radius 3 is 1.88 bits per heavy atom. The average molecular weight is 363 g/mol. The van der Waals surface area contributed by atoms with E-state index in [1.54, 1.807) is 30.3 Å². The number of rotatable bonds is 5. The van der Waals surface area contributed by atoms with E-state index < -0.39 is 10.0 Å². The van der Waals surface area contributed by atoms with Gasteiger partial charge in [0.2, 0.25) is 0 Å². The number of hydrogen-bond acceptors (Lipinski definition) is 6. The summed E-state index contributed by atoms with van der Waals surface area (Å²) in [4.78, 5) is 0.146. The molecular weight excluding hydrogens is 350 g/mol. The molecule has 0 amide bonds. The lowest BCUT2D eigenvalue weighted by molar-refractivity contribution is 0.601. The van der Waals surface area contributed by atoms with Crippen LogP contribution >= 0.6 is 0 Å². The van der Waals surface area contributed by atoms with Crippen LogP contribution in [0.25, 0.3) is 0 Å². The van der Waals surface area contributed by atoms with Crippen molar-refractivity contribution >= 4 is 21.4 Å². The SMILES string of the molecule is Cc1ccc(S(=O)(=O)Nc2ccc(NC(C#N)=C(C#N)C#N)cc2)cc1. The molecule has 0 aromatic heterocycles. The number of allylic oxidation sites excluding steroid dienone is 2. The first-order valence-corrected chi connectivity index (χ1v) is 8.79. The summed E-state index contributed by atoms with van der Waals surface area (Å²) in [6.07, 6.45) is 0. The minimum atomic E-state index is -3.71. The molecule has 0 spiro atoms. The summed E-state index contributed by atoms with van der Waals surface area (Å²) in [6.45, 7) is 1.86. The minimum Gasteiger partial charge on any atom is -0.345 e. The van der Waals surface area contributed by atoms with Crippen molar-refractivity contribution in [3.05, 3.63) is 65.4 Å². The van der Waals surface area contributed by atoms with Gasteiger partial charge >= 0.3 is 0 Å². The van der Waals surface area contributed by atoms with Gasteiger partial charge in [0.05, 0.1) is 4.90 Å². The fourth-order valence-electron chi connectivity index (χ4n) is 1.98. The molecule has 0 saturated carbocycles. The van der Waals surface area contributed by atoms with Crippen molar-refractivity contribution in [3.8, 4) is 18.2 Å². The van der Waals surface area contributed by atoms with Crippen LogP contribution in [-0.4, -0.2) is 8.42 Å². The van der Waals surface area contributed by atoms with Crippen molar-refractivity contribution in [1.29, 1.82) is 15.8 Å². The van der Waals surface area contributed by atoms with Crippen molar-refractivity contribution in [2.24, 2.45) is 0 Å². The fraction of sp³-hybridized carbons (Fsp3) is 0.0556. The lowest BCUT2D eigenvalue weighted by Gasteiger charge is -2.10. The maximum Gasteiger partial charge on any atom is 0.261 e.